The van der Waals surface area contributed by atoms with Crippen molar-refractivity contribution >= 4 is 17.7 Å². The van der Waals surface area contributed by atoms with E-state index in [9.17, 15) is 14.4 Å². The standard InChI is InChI=1S/C25H37N3O3/c1-17(2)18(3)26-24(30)22(27-23(29)20-9-5-4-6-10-20)19-13-15-28(16-14-19)25(31)21-11-7-8-12-21/h4-6,9-10,17-19,21-22H,7-8,11-16H2,1-3H3,(H,26,30)(H,27,29). The summed E-state index contributed by atoms with van der Waals surface area (Å²) in [4.78, 5) is 40.7. The largest absolute Gasteiger partial charge is 0.352 e. The van der Waals surface area contributed by atoms with E-state index in [-0.39, 0.29) is 35.6 Å². The molecule has 6 nitrogen and oxygen atoms in total. The summed E-state index contributed by atoms with van der Waals surface area (Å²) in [6.07, 6.45) is 5.75. The zero-order chi connectivity index (χ0) is 22.4. The Morgan fingerprint density at radius 3 is 2.10 bits per heavy atom. The highest BCUT2D eigenvalue weighted by atomic mass is 16.2. The van der Waals surface area contributed by atoms with Crippen LogP contribution in [0.5, 0.6) is 0 Å². The topological polar surface area (TPSA) is 78.5 Å². The summed E-state index contributed by atoms with van der Waals surface area (Å²) in [7, 11) is 0. The van der Waals surface area contributed by atoms with Gasteiger partial charge in [0, 0.05) is 30.6 Å². The van der Waals surface area contributed by atoms with Crippen LogP contribution in [0.2, 0.25) is 0 Å². The first-order valence-electron chi connectivity index (χ1n) is 11.8. The van der Waals surface area contributed by atoms with E-state index in [1.54, 1.807) is 12.1 Å². The summed E-state index contributed by atoms with van der Waals surface area (Å²) in [6, 6.07) is 8.43. The molecule has 2 unspecified atom stereocenters. The molecule has 2 atom stereocenters. The number of carbonyl (C=O) groups excluding carboxylic acids is 3. The zero-order valence-electron chi connectivity index (χ0n) is 19.1. The lowest BCUT2D eigenvalue weighted by molar-refractivity contribution is -0.137. The maximum Gasteiger partial charge on any atom is 0.251 e. The van der Waals surface area contributed by atoms with E-state index in [0.29, 0.717) is 24.6 Å². The number of nitrogens with one attached hydrogen (secondary N) is 2. The van der Waals surface area contributed by atoms with Crippen molar-refractivity contribution in [1.29, 1.82) is 0 Å². The molecule has 2 fully saturated rings. The zero-order valence-corrected chi connectivity index (χ0v) is 19.1. The molecule has 0 bridgehead atoms. The number of amides is 3. The van der Waals surface area contributed by atoms with Gasteiger partial charge in [0.05, 0.1) is 0 Å². The molecule has 3 rings (SSSR count). The predicted octanol–water partition coefficient (Wildman–Crippen LogP) is 3.37. The quantitative estimate of drug-likeness (QED) is 0.700. The fourth-order valence-electron chi connectivity index (χ4n) is 4.58. The van der Waals surface area contributed by atoms with Gasteiger partial charge >= 0.3 is 0 Å². The van der Waals surface area contributed by atoms with Crippen molar-refractivity contribution in [1.82, 2.24) is 15.5 Å². The Labute approximate surface area is 186 Å². The van der Waals surface area contributed by atoms with Gasteiger partial charge in [0.15, 0.2) is 0 Å². The number of hydrogen-bond donors (Lipinski definition) is 2. The second kappa shape index (κ2) is 10.8. The van der Waals surface area contributed by atoms with Crippen LogP contribution in [0, 0.1) is 17.8 Å². The van der Waals surface area contributed by atoms with E-state index in [1.807, 2.05) is 30.0 Å². The van der Waals surface area contributed by atoms with E-state index in [1.165, 1.54) is 0 Å². The van der Waals surface area contributed by atoms with Crippen molar-refractivity contribution in [2.45, 2.75) is 71.4 Å². The molecule has 0 spiro atoms. The summed E-state index contributed by atoms with van der Waals surface area (Å²) < 4.78 is 0. The van der Waals surface area contributed by atoms with Crippen molar-refractivity contribution in [2.75, 3.05) is 13.1 Å². The van der Waals surface area contributed by atoms with Crippen LogP contribution in [0.4, 0.5) is 0 Å². The highest BCUT2D eigenvalue weighted by Crippen LogP contribution is 2.29. The van der Waals surface area contributed by atoms with Crippen LogP contribution in [0.25, 0.3) is 0 Å². The second-order valence-corrected chi connectivity index (χ2v) is 9.50. The first-order valence-corrected chi connectivity index (χ1v) is 11.8. The summed E-state index contributed by atoms with van der Waals surface area (Å²) in [5.74, 6) is 0.410. The number of benzene rings is 1. The Balaban J connectivity index is 1.66. The molecule has 2 N–H and O–H groups in total. The lowest BCUT2D eigenvalue weighted by Crippen LogP contribution is -2.55. The smallest absolute Gasteiger partial charge is 0.251 e. The Morgan fingerprint density at radius 1 is 0.903 bits per heavy atom. The second-order valence-electron chi connectivity index (χ2n) is 9.50. The van der Waals surface area contributed by atoms with Gasteiger partial charge in [0.25, 0.3) is 5.91 Å². The summed E-state index contributed by atoms with van der Waals surface area (Å²) in [5.41, 5.74) is 0.547. The molecule has 3 amide bonds. The molecule has 1 heterocycles. The minimum atomic E-state index is -0.599. The van der Waals surface area contributed by atoms with Crippen LogP contribution in [-0.2, 0) is 9.59 Å². The predicted molar refractivity (Wildman–Crippen MR) is 121 cm³/mol. The molecule has 1 saturated carbocycles. The lowest BCUT2D eigenvalue weighted by Gasteiger charge is -2.37. The molecular weight excluding hydrogens is 390 g/mol. The van der Waals surface area contributed by atoms with Gasteiger partial charge in [-0.05, 0) is 56.6 Å². The minimum absolute atomic E-state index is 0.0136. The van der Waals surface area contributed by atoms with Gasteiger partial charge in [-0.25, -0.2) is 0 Å². The fourth-order valence-corrected chi connectivity index (χ4v) is 4.58. The molecule has 1 aromatic rings. The SMILES string of the molecule is CC(C)C(C)NC(=O)C(NC(=O)c1ccccc1)C1CCN(C(=O)C2CCCC2)CC1. The van der Waals surface area contributed by atoms with Crippen LogP contribution >= 0.6 is 0 Å². The molecular formula is C25H37N3O3. The van der Waals surface area contributed by atoms with Gasteiger partial charge in [-0.15, -0.1) is 0 Å². The number of likely N-dealkylation sites (tertiary alicyclic amines) is 1. The first kappa shape index (κ1) is 23.3. The average Bonchev–Trinajstić information content (AvgIpc) is 3.32. The van der Waals surface area contributed by atoms with Crippen molar-refractivity contribution in [3.8, 4) is 0 Å². The van der Waals surface area contributed by atoms with Crippen molar-refractivity contribution in [2.24, 2.45) is 17.8 Å². The number of piperidine rings is 1. The Kier molecular flexibility index (Phi) is 8.10. The van der Waals surface area contributed by atoms with Crippen LogP contribution in [0.3, 0.4) is 0 Å². The molecule has 1 aromatic carbocycles. The van der Waals surface area contributed by atoms with Gasteiger partial charge in [-0.2, -0.15) is 0 Å². The Morgan fingerprint density at radius 2 is 1.52 bits per heavy atom. The molecule has 170 valence electrons. The normalized spacial score (nSPS) is 19.8. The van der Waals surface area contributed by atoms with Gasteiger partial charge < -0.3 is 15.5 Å². The van der Waals surface area contributed by atoms with Gasteiger partial charge in [0.1, 0.15) is 6.04 Å². The number of rotatable bonds is 7. The number of nitrogens with zero attached hydrogens (tertiary/aromatic N) is 1. The average molecular weight is 428 g/mol. The van der Waals surface area contributed by atoms with Crippen molar-refractivity contribution in [3.05, 3.63) is 35.9 Å². The lowest BCUT2D eigenvalue weighted by atomic mass is 9.87. The van der Waals surface area contributed by atoms with E-state index in [2.05, 4.69) is 24.5 Å². The highest BCUT2D eigenvalue weighted by Gasteiger charge is 2.36. The molecule has 1 aliphatic heterocycles. The summed E-state index contributed by atoms with van der Waals surface area (Å²) in [5, 5.41) is 6.07. The molecule has 31 heavy (non-hydrogen) atoms. The summed E-state index contributed by atoms with van der Waals surface area (Å²) >= 11 is 0. The molecule has 1 aliphatic carbocycles. The van der Waals surface area contributed by atoms with Crippen LogP contribution in [0.15, 0.2) is 30.3 Å². The highest BCUT2D eigenvalue weighted by molar-refractivity contribution is 5.97. The Bertz CT molecular complexity index is 751. The van der Waals surface area contributed by atoms with Crippen molar-refractivity contribution < 1.29 is 14.4 Å². The monoisotopic (exact) mass is 427 g/mol. The third-order valence-electron chi connectivity index (χ3n) is 7.00. The van der Waals surface area contributed by atoms with E-state index >= 15 is 0 Å². The molecule has 1 saturated heterocycles. The third kappa shape index (κ3) is 6.08. The molecule has 0 aromatic heterocycles. The van der Waals surface area contributed by atoms with Gasteiger partial charge in [-0.3, -0.25) is 14.4 Å². The van der Waals surface area contributed by atoms with Crippen molar-refractivity contribution in [3.63, 3.8) is 0 Å². The first-order chi connectivity index (χ1) is 14.9. The van der Waals surface area contributed by atoms with Crippen LogP contribution in [0.1, 0.15) is 69.7 Å². The fraction of sp³-hybridized carbons (Fsp3) is 0.640. The maximum atomic E-state index is 13.1. The van der Waals surface area contributed by atoms with Gasteiger partial charge in [-0.1, -0.05) is 44.9 Å². The molecule has 0 radical (unpaired) electrons. The number of carbonyl (C=O) groups is 3. The van der Waals surface area contributed by atoms with Crippen LogP contribution < -0.4 is 10.6 Å². The minimum Gasteiger partial charge on any atom is -0.352 e. The van der Waals surface area contributed by atoms with E-state index in [0.717, 1.165) is 38.5 Å². The summed E-state index contributed by atoms with van der Waals surface area (Å²) in [6.45, 7) is 7.43. The van der Waals surface area contributed by atoms with Gasteiger partial charge in [0.2, 0.25) is 11.8 Å². The van der Waals surface area contributed by atoms with Crippen LogP contribution in [-0.4, -0.2) is 47.8 Å². The molecule has 2 aliphatic rings. The maximum absolute atomic E-state index is 13.1. The van der Waals surface area contributed by atoms with E-state index in [4.69, 9.17) is 0 Å². The third-order valence-corrected chi connectivity index (χ3v) is 7.00. The van der Waals surface area contributed by atoms with E-state index < -0.39 is 6.04 Å². The molecule has 6 heteroatoms. The number of hydrogen-bond acceptors (Lipinski definition) is 3. The Hall–Kier alpha value is -2.37.